The summed E-state index contributed by atoms with van der Waals surface area (Å²) in [5, 5.41) is 0. The molecule has 0 unspecified atom stereocenters. The Balaban J connectivity index is 1.71. The van der Waals surface area contributed by atoms with E-state index >= 15 is 0 Å². The van der Waals surface area contributed by atoms with Gasteiger partial charge in [0.15, 0.2) is 0 Å². The summed E-state index contributed by atoms with van der Waals surface area (Å²) in [5.74, 6) is 0. The van der Waals surface area contributed by atoms with E-state index in [4.69, 9.17) is 10.5 Å². The lowest BCUT2D eigenvalue weighted by Crippen LogP contribution is -2.48. The Morgan fingerprint density at radius 3 is 2.62 bits per heavy atom. The Hall–Kier alpha value is -1.22. The van der Waals surface area contributed by atoms with Gasteiger partial charge in [-0.2, -0.15) is 0 Å². The lowest BCUT2D eigenvalue weighted by atomic mass is 9.94. The molecule has 2 fully saturated rings. The fourth-order valence-corrected chi connectivity index (χ4v) is 3.01. The summed E-state index contributed by atoms with van der Waals surface area (Å²) in [6.07, 6.45) is 2.86. The molecule has 2 aliphatic heterocycles. The van der Waals surface area contributed by atoms with Crippen molar-refractivity contribution in [3.63, 3.8) is 0 Å². The Morgan fingerprint density at radius 1 is 1.12 bits per heavy atom. The fourth-order valence-electron chi connectivity index (χ4n) is 3.01. The topological polar surface area (TPSA) is 38.5 Å². The third kappa shape index (κ3) is 1.07. The first-order valence-electron chi connectivity index (χ1n) is 6.00. The van der Waals surface area contributed by atoms with Gasteiger partial charge < -0.3 is 15.4 Å². The van der Waals surface area contributed by atoms with E-state index in [0.717, 1.165) is 12.3 Å². The molecule has 3 nitrogen and oxygen atoms in total. The van der Waals surface area contributed by atoms with Gasteiger partial charge in [-0.3, -0.25) is 0 Å². The second kappa shape index (κ2) is 2.72. The predicted molar refractivity (Wildman–Crippen MR) is 63.2 cm³/mol. The zero-order chi connectivity index (χ0) is 10.8. The van der Waals surface area contributed by atoms with Crippen LogP contribution in [0.5, 0.6) is 0 Å². The molecule has 0 radical (unpaired) electrons. The van der Waals surface area contributed by atoms with Crippen molar-refractivity contribution in [3.05, 3.63) is 23.3 Å². The van der Waals surface area contributed by atoms with Gasteiger partial charge in [0.1, 0.15) is 0 Å². The number of benzene rings is 1. The number of fused-ring (bicyclic) bond motifs is 1. The number of ether oxygens (including phenoxy) is 1. The van der Waals surface area contributed by atoms with Gasteiger partial charge in [-0.25, -0.2) is 0 Å². The molecule has 0 amide bonds. The smallest absolute Gasteiger partial charge is 0.0746 e. The van der Waals surface area contributed by atoms with E-state index in [0.29, 0.717) is 12.0 Å². The summed E-state index contributed by atoms with van der Waals surface area (Å²) in [4.78, 5) is 2.49. The molecular weight excluding hydrogens is 200 g/mol. The Kier molecular flexibility index (Phi) is 1.51. The minimum Gasteiger partial charge on any atom is -0.398 e. The van der Waals surface area contributed by atoms with Gasteiger partial charge in [-0.1, -0.05) is 0 Å². The van der Waals surface area contributed by atoms with Crippen molar-refractivity contribution in [3.8, 4) is 0 Å². The molecule has 4 rings (SSSR count). The molecule has 16 heavy (non-hydrogen) atoms. The minimum absolute atomic E-state index is 0.688. The second-order valence-electron chi connectivity index (χ2n) is 5.48. The van der Waals surface area contributed by atoms with Crippen molar-refractivity contribution < 1.29 is 4.74 Å². The number of anilines is 2. The first kappa shape index (κ1) is 8.88. The quantitative estimate of drug-likeness (QED) is 0.729. The van der Waals surface area contributed by atoms with Crippen LogP contribution in [0.4, 0.5) is 11.4 Å². The first-order chi connectivity index (χ1) is 7.77. The fraction of sp³-hybridized carbons (Fsp3) is 0.538. The minimum atomic E-state index is 0.688. The molecule has 1 aromatic carbocycles. The molecule has 3 heteroatoms. The average Bonchev–Trinajstić information content (AvgIpc) is 2.87. The highest BCUT2D eigenvalue weighted by Gasteiger charge is 2.52. The van der Waals surface area contributed by atoms with E-state index in [1.165, 1.54) is 42.7 Å². The maximum absolute atomic E-state index is 5.97. The molecule has 1 spiro atoms. The van der Waals surface area contributed by atoms with Gasteiger partial charge in [-0.05, 0) is 25.0 Å². The summed E-state index contributed by atoms with van der Waals surface area (Å²) >= 11 is 0. The Labute approximate surface area is 95.2 Å². The van der Waals surface area contributed by atoms with Crippen molar-refractivity contribution in [1.29, 1.82) is 0 Å². The van der Waals surface area contributed by atoms with Crippen LogP contribution in [-0.2, 0) is 18.0 Å². The number of hydrogen-bond acceptors (Lipinski definition) is 3. The van der Waals surface area contributed by atoms with Crippen molar-refractivity contribution in [2.24, 2.45) is 5.41 Å². The molecule has 0 aromatic heterocycles. The van der Waals surface area contributed by atoms with Crippen molar-refractivity contribution in [2.75, 3.05) is 23.7 Å². The lowest BCUT2D eigenvalue weighted by molar-refractivity contribution is 0.134. The van der Waals surface area contributed by atoms with Crippen LogP contribution >= 0.6 is 0 Å². The molecule has 0 atom stereocenters. The largest absolute Gasteiger partial charge is 0.398 e. The molecule has 2 heterocycles. The molecule has 2 N–H and O–H groups in total. The van der Waals surface area contributed by atoms with Crippen LogP contribution in [0, 0.1) is 5.41 Å². The molecule has 1 saturated carbocycles. The molecule has 84 valence electrons. The van der Waals surface area contributed by atoms with Gasteiger partial charge >= 0.3 is 0 Å². The van der Waals surface area contributed by atoms with E-state index < -0.39 is 0 Å². The van der Waals surface area contributed by atoms with Crippen molar-refractivity contribution in [1.82, 2.24) is 0 Å². The third-order valence-electron chi connectivity index (χ3n) is 4.29. The molecule has 1 saturated heterocycles. The van der Waals surface area contributed by atoms with Gasteiger partial charge in [-0.15, -0.1) is 0 Å². The highest BCUT2D eigenvalue weighted by atomic mass is 16.5. The van der Waals surface area contributed by atoms with Crippen LogP contribution < -0.4 is 10.6 Å². The average molecular weight is 216 g/mol. The molecule has 1 aromatic rings. The number of rotatable bonds is 1. The summed E-state index contributed by atoms with van der Waals surface area (Å²) < 4.78 is 5.52. The maximum Gasteiger partial charge on any atom is 0.0746 e. The molecular formula is C13H16N2O. The van der Waals surface area contributed by atoms with Gasteiger partial charge in [0.05, 0.1) is 13.2 Å². The predicted octanol–water partition coefficient (Wildman–Crippen LogP) is 1.90. The van der Waals surface area contributed by atoms with Crippen molar-refractivity contribution >= 4 is 11.4 Å². The molecule has 1 aliphatic carbocycles. The lowest BCUT2D eigenvalue weighted by Gasteiger charge is -2.42. The summed E-state index contributed by atoms with van der Waals surface area (Å²) in [7, 11) is 0. The van der Waals surface area contributed by atoms with Crippen LogP contribution in [0.2, 0.25) is 0 Å². The summed E-state index contributed by atoms with van der Waals surface area (Å²) in [6, 6.07) is 4.19. The van der Waals surface area contributed by atoms with Crippen molar-refractivity contribution in [2.45, 2.75) is 26.1 Å². The number of hydrogen-bond donors (Lipinski definition) is 1. The van der Waals surface area contributed by atoms with Gasteiger partial charge in [0, 0.05) is 41.0 Å². The van der Waals surface area contributed by atoms with Crippen LogP contribution in [0.3, 0.4) is 0 Å². The normalized spacial score (nSPS) is 24.4. The van der Waals surface area contributed by atoms with Crippen LogP contribution in [0.25, 0.3) is 0 Å². The maximum atomic E-state index is 5.97. The van der Waals surface area contributed by atoms with E-state index in [-0.39, 0.29) is 0 Å². The zero-order valence-corrected chi connectivity index (χ0v) is 9.33. The van der Waals surface area contributed by atoms with Crippen LogP contribution in [0.1, 0.15) is 24.0 Å². The summed E-state index contributed by atoms with van der Waals surface area (Å²) in [6.45, 7) is 3.90. The van der Waals surface area contributed by atoms with E-state index in [1.54, 1.807) is 0 Å². The van der Waals surface area contributed by atoms with Gasteiger partial charge in [0.25, 0.3) is 0 Å². The van der Waals surface area contributed by atoms with E-state index in [9.17, 15) is 0 Å². The van der Waals surface area contributed by atoms with E-state index in [2.05, 4.69) is 11.0 Å². The third-order valence-corrected chi connectivity index (χ3v) is 4.29. The monoisotopic (exact) mass is 216 g/mol. The first-order valence-corrected chi connectivity index (χ1v) is 6.00. The zero-order valence-electron chi connectivity index (χ0n) is 9.33. The molecule has 0 bridgehead atoms. The Bertz CT molecular complexity index is 457. The SMILES string of the molecule is Nc1ccc(N2CC3(CC3)C2)c2c1COC2. The standard InChI is InChI=1S/C13H16N2O/c14-11-1-2-12(10-6-16-5-9(10)11)15-7-13(8-15)3-4-13/h1-2H,3-8,14H2. The highest BCUT2D eigenvalue weighted by Crippen LogP contribution is 2.54. The second-order valence-corrected chi connectivity index (χ2v) is 5.48. The number of nitrogens with two attached hydrogens (primary N) is 1. The van der Waals surface area contributed by atoms with Crippen LogP contribution in [0.15, 0.2) is 12.1 Å². The Morgan fingerprint density at radius 2 is 1.88 bits per heavy atom. The van der Waals surface area contributed by atoms with E-state index in [1.807, 2.05) is 6.07 Å². The van der Waals surface area contributed by atoms with Gasteiger partial charge in [0.2, 0.25) is 0 Å². The molecule has 3 aliphatic rings. The number of nitrogen functional groups attached to an aromatic ring is 1. The summed E-state index contributed by atoms with van der Waals surface area (Å²) in [5.41, 5.74) is 11.5. The highest BCUT2D eigenvalue weighted by molar-refractivity contribution is 5.67. The number of nitrogens with zero attached hydrogens (tertiary/aromatic N) is 1. The van der Waals surface area contributed by atoms with Crippen LogP contribution in [-0.4, -0.2) is 13.1 Å².